The molecule has 0 unspecified atom stereocenters. The summed E-state index contributed by atoms with van der Waals surface area (Å²) in [6.45, 7) is 7.85. The number of aromatic nitrogens is 2. The molecule has 0 bridgehead atoms. The topological polar surface area (TPSA) is 70.1 Å². The Morgan fingerprint density at radius 2 is 2.18 bits per heavy atom. The van der Waals surface area contributed by atoms with Crippen LogP contribution in [-0.2, 0) is 6.54 Å². The number of nitrogens with zero attached hydrogens (tertiary/aromatic N) is 2. The van der Waals surface area contributed by atoms with Crippen LogP contribution in [0.3, 0.4) is 0 Å². The predicted molar refractivity (Wildman–Crippen MR) is 67.1 cm³/mol. The number of nitrogens with two attached hydrogens (primary N) is 1. The van der Waals surface area contributed by atoms with Crippen molar-refractivity contribution in [2.75, 3.05) is 13.2 Å². The van der Waals surface area contributed by atoms with Gasteiger partial charge in [-0.15, -0.1) is 0 Å². The average Bonchev–Trinajstić information content (AvgIpc) is 2.23. The van der Waals surface area contributed by atoms with Crippen LogP contribution in [0.15, 0.2) is 17.1 Å². The largest absolute Gasteiger partial charge is 0.490 e. The molecule has 0 spiro atoms. The smallest absolute Gasteiger partial charge is 0.270 e. The van der Waals surface area contributed by atoms with Gasteiger partial charge in [0.1, 0.15) is 12.4 Å². The fourth-order valence-electron chi connectivity index (χ4n) is 1.28. The van der Waals surface area contributed by atoms with Crippen LogP contribution in [0.2, 0.25) is 0 Å². The normalized spacial score (nSPS) is 11.5. The van der Waals surface area contributed by atoms with E-state index in [-0.39, 0.29) is 11.0 Å². The molecule has 1 aromatic rings. The molecule has 5 nitrogen and oxygen atoms in total. The first-order valence-electron chi connectivity index (χ1n) is 5.82. The highest BCUT2D eigenvalue weighted by Crippen LogP contribution is 2.18. The van der Waals surface area contributed by atoms with Gasteiger partial charge in [-0.3, -0.25) is 4.79 Å². The first kappa shape index (κ1) is 13.7. The van der Waals surface area contributed by atoms with Crippen LogP contribution in [0.25, 0.3) is 0 Å². The molecular formula is C12H21N3O2. The monoisotopic (exact) mass is 239 g/mol. The quantitative estimate of drug-likeness (QED) is 0.832. The van der Waals surface area contributed by atoms with Crippen molar-refractivity contribution in [1.82, 2.24) is 9.78 Å². The van der Waals surface area contributed by atoms with E-state index in [1.807, 2.05) is 0 Å². The van der Waals surface area contributed by atoms with Gasteiger partial charge < -0.3 is 10.5 Å². The molecule has 0 atom stereocenters. The molecule has 0 amide bonds. The zero-order valence-corrected chi connectivity index (χ0v) is 10.8. The minimum absolute atomic E-state index is 0.135. The van der Waals surface area contributed by atoms with E-state index in [0.717, 1.165) is 6.42 Å². The minimum Gasteiger partial charge on any atom is -0.490 e. The minimum atomic E-state index is -0.135. The van der Waals surface area contributed by atoms with Crippen molar-refractivity contribution in [1.29, 1.82) is 0 Å². The van der Waals surface area contributed by atoms with Gasteiger partial charge in [0, 0.05) is 19.2 Å². The van der Waals surface area contributed by atoms with Crippen molar-refractivity contribution < 1.29 is 4.74 Å². The summed E-state index contributed by atoms with van der Waals surface area (Å²) in [7, 11) is 0. The summed E-state index contributed by atoms with van der Waals surface area (Å²) in [5.74, 6) is 0.479. The first-order chi connectivity index (χ1) is 7.92. The summed E-state index contributed by atoms with van der Waals surface area (Å²) < 4.78 is 6.69. The lowest BCUT2D eigenvalue weighted by Gasteiger charge is -2.17. The summed E-state index contributed by atoms with van der Waals surface area (Å²) in [6.07, 6.45) is 2.46. The lowest BCUT2D eigenvalue weighted by Crippen LogP contribution is -2.24. The maximum atomic E-state index is 11.7. The molecule has 0 aliphatic rings. The van der Waals surface area contributed by atoms with Gasteiger partial charge in [0.2, 0.25) is 0 Å². The Balaban J connectivity index is 2.66. The second kappa shape index (κ2) is 5.82. The van der Waals surface area contributed by atoms with Gasteiger partial charge in [0.05, 0.1) is 6.20 Å². The molecule has 5 heteroatoms. The highest BCUT2D eigenvalue weighted by molar-refractivity contribution is 5.13. The lowest BCUT2D eigenvalue weighted by atomic mass is 9.92. The van der Waals surface area contributed by atoms with Crippen molar-refractivity contribution >= 4 is 0 Å². The Labute approximate surface area is 102 Å². The summed E-state index contributed by atoms with van der Waals surface area (Å²) >= 11 is 0. The maximum absolute atomic E-state index is 11.7. The van der Waals surface area contributed by atoms with Crippen molar-refractivity contribution in [3.8, 4) is 5.75 Å². The zero-order valence-electron chi connectivity index (χ0n) is 10.8. The van der Waals surface area contributed by atoms with Crippen LogP contribution in [0.4, 0.5) is 0 Å². The lowest BCUT2D eigenvalue weighted by molar-refractivity contribution is 0.316. The van der Waals surface area contributed by atoms with Gasteiger partial charge in [-0.2, -0.15) is 5.10 Å². The van der Waals surface area contributed by atoms with Crippen LogP contribution >= 0.6 is 0 Å². The van der Waals surface area contributed by atoms with Gasteiger partial charge in [0.15, 0.2) is 0 Å². The highest BCUT2D eigenvalue weighted by atomic mass is 16.5. The molecule has 1 rings (SSSR count). The van der Waals surface area contributed by atoms with Gasteiger partial charge in [-0.25, -0.2) is 4.68 Å². The molecule has 96 valence electrons. The van der Waals surface area contributed by atoms with Gasteiger partial charge >= 0.3 is 0 Å². The molecule has 17 heavy (non-hydrogen) atoms. The van der Waals surface area contributed by atoms with Crippen LogP contribution in [0.5, 0.6) is 5.75 Å². The second-order valence-corrected chi connectivity index (χ2v) is 5.20. The van der Waals surface area contributed by atoms with E-state index in [2.05, 4.69) is 25.9 Å². The number of ether oxygens (including phenoxy) is 1. The third-order valence-electron chi connectivity index (χ3n) is 2.30. The number of hydrogen-bond donors (Lipinski definition) is 1. The Hall–Kier alpha value is -1.36. The molecule has 0 saturated heterocycles. The van der Waals surface area contributed by atoms with Crippen LogP contribution in [0.1, 0.15) is 27.2 Å². The molecule has 0 saturated carbocycles. The predicted octanol–water partition coefficient (Wildman–Crippen LogP) is 1.02. The standard InChI is InChI=1S/C12H21N3O2/c1-12(2,3)4-6-15-11(16)8-10(9-14-15)17-7-5-13/h8-9H,4-7,13H2,1-3H3. The molecule has 0 aliphatic carbocycles. The highest BCUT2D eigenvalue weighted by Gasteiger charge is 2.11. The van der Waals surface area contributed by atoms with E-state index in [9.17, 15) is 4.79 Å². The van der Waals surface area contributed by atoms with Crippen LogP contribution < -0.4 is 16.0 Å². The third kappa shape index (κ3) is 4.99. The van der Waals surface area contributed by atoms with E-state index in [4.69, 9.17) is 10.5 Å². The van der Waals surface area contributed by atoms with Crippen LogP contribution in [0, 0.1) is 5.41 Å². The van der Waals surface area contributed by atoms with E-state index >= 15 is 0 Å². The Morgan fingerprint density at radius 3 is 2.71 bits per heavy atom. The summed E-state index contributed by atoms with van der Waals surface area (Å²) in [4.78, 5) is 11.7. The molecule has 1 aromatic heterocycles. The van der Waals surface area contributed by atoms with Gasteiger partial charge in [-0.05, 0) is 11.8 Å². The Kier molecular flexibility index (Phi) is 4.69. The molecular weight excluding hydrogens is 218 g/mol. The van der Waals surface area contributed by atoms with Gasteiger partial charge in [0.25, 0.3) is 5.56 Å². The van der Waals surface area contributed by atoms with E-state index in [0.29, 0.717) is 25.4 Å². The molecule has 0 radical (unpaired) electrons. The summed E-state index contributed by atoms with van der Waals surface area (Å²) in [5, 5.41) is 4.07. The number of rotatable bonds is 5. The fourth-order valence-corrected chi connectivity index (χ4v) is 1.28. The van der Waals surface area contributed by atoms with Crippen molar-refractivity contribution in [2.45, 2.75) is 33.7 Å². The van der Waals surface area contributed by atoms with Crippen LogP contribution in [-0.4, -0.2) is 22.9 Å². The third-order valence-corrected chi connectivity index (χ3v) is 2.30. The molecule has 1 heterocycles. The fraction of sp³-hybridized carbons (Fsp3) is 0.667. The zero-order chi connectivity index (χ0) is 12.9. The summed E-state index contributed by atoms with van der Waals surface area (Å²) in [6, 6.07) is 1.45. The average molecular weight is 239 g/mol. The van der Waals surface area contributed by atoms with Gasteiger partial charge in [-0.1, -0.05) is 20.8 Å². The first-order valence-corrected chi connectivity index (χ1v) is 5.82. The molecule has 0 aromatic carbocycles. The summed E-state index contributed by atoms with van der Waals surface area (Å²) in [5.41, 5.74) is 5.37. The Bertz CT molecular complexity index is 407. The van der Waals surface area contributed by atoms with E-state index in [1.165, 1.54) is 10.7 Å². The SMILES string of the molecule is CC(C)(C)CCn1ncc(OCCN)cc1=O. The maximum Gasteiger partial charge on any atom is 0.270 e. The molecule has 2 N–H and O–H groups in total. The Morgan fingerprint density at radius 1 is 1.47 bits per heavy atom. The number of aryl methyl sites for hydroxylation is 1. The number of hydrogen-bond acceptors (Lipinski definition) is 4. The molecule has 0 aliphatic heterocycles. The van der Waals surface area contributed by atoms with Crippen molar-refractivity contribution in [2.24, 2.45) is 11.1 Å². The van der Waals surface area contributed by atoms with E-state index in [1.54, 1.807) is 6.20 Å². The second-order valence-electron chi connectivity index (χ2n) is 5.20. The van der Waals surface area contributed by atoms with Crippen molar-refractivity contribution in [3.63, 3.8) is 0 Å². The van der Waals surface area contributed by atoms with Crippen molar-refractivity contribution in [3.05, 3.63) is 22.6 Å². The van der Waals surface area contributed by atoms with E-state index < -0.39 is 0 Å². The molecule has 0 fully saturated rings.